The lowest BCUT2D eigenvalue weighted by atomic mass is 10.1. The number of anilines is 1. The van der Waals surface area contributed by atoms with Crippen molar-refractivity contribution in [1.82, 2.24) is 34.1 Å². The lowest BCUT2D eigenvalue weighted by Crippen LogP contribution is -2.49. The standard InChI is InChI=1S/C38H62N8O11P2S2Si2/c1-37(2,3)62(7,8)21-51-27-24(54-35(29(27)55-58(48)60)46-20-44-26-31(39)40-18-42-33(26)46)17-52-59(49,61)56-28-23(16-47)53-36(30(28)57-63(9,10)38(4,5)6)45-15-22-13-11-12-14-50-34-25(22)32(45)41-19-43-34/h15,18-20,23-24,27-30,35-36,47,58H,11-14,16-17,21H2,1-10H3,(H,48,60)(H,49,61)(H2,39,40,42)/t23-,24-,27-,28-,29-,30-,35-,36-,59?/m1/s1. The molecule has 0 saturated carbocycles. The van der Waals surface area contributed by atoms with Gasteiger partial charge in [0.05, 0.1) is 39.6 Å². The maximum absolute atomic E-state index is 14.6. The van der Waals surface area contributed by atoms with Crippen molar-refractivity contribution in [2.24, 2.45) is 0 Å². The van der Waals surface area contributed by atoms with Gasteiger partial charge in [-0.05, 0) is 48.0 Å². The fourth-order valence-electron chi connectivity index (χ4n) is 7.50. The normalized spacial score (nSPS) is 27.6. The van der Waals surface area contributed by atoms with Gasteiger partial charge in [-0.3, -0.25) is 18.2 Å². The smallest absolute Gasteiger partial charge is 0.386 e. The summed E-state index contributed by atoms with van der Waals surface area (Å²) in [6.07, 6.45) is 1.34. The quantitative estimate of drug-likeness (QED) is 0.0519. The largest absolute Gasteiger partial charge is 0.477 e. The minimum absolute atomic E-state index is 0.0469. The Balaban J connectivity index is 1.21. The van der Waals surface area contributed by atoms with E-state index in [1.165, 1.54) is 19.0 Å². The maximum Gasteiger partial charge on any atom is 0.386 e. The van der Waals surface area contributed by atoms with Crippen LogP contribution in [-0.2, 0) is 47.8 Å². The summed E-state index contributed by atoms with van der Waals surface area (Å²) in [7, 11) is -7.58. The van der Waals surface area contributed by atoms with E-state index in [1.54, 1.807) is 4.57 Å². The van der Waals surface area contributed by atoms with Crippen LogP contribution in [0.15, 0.2) is 25.2 Å². The molecule has 19 nitrogen and oxygen atoms in total. The zero-order valence-electron chi connectivity index (χ0n) is 37.5. The number of ether oxygens (including phenoxy) is 4. The Morgan fingerprint density at radius 2 is 1.60 bits per heavy atom. The summed E-state index contributed by atoms with van der Waals surface area (Å²) >= 11 is 8.65. The van der Waals surface area contributed by atoms with Crippen molar-refractivity contribution in [3.8, 4) is 5.88 Å². The van der Waals surface area contributed by atoms with Gasteiger partial charge in [-0.15, -0.1) is 0 Å². The van der Waals surface area contributed by atoms with Crippen molar-refractivity contribution >= 4 is 82.9 Å². The number of imidazole rings is 1. The van der Waals surface area contributed by atoms with Crippen LogP contribution in [0.4, 0.5) is 5.82 Å². The molecule has 7 heterocycles. The van der Waals surface area contributed by atoms with Gasteiger partial charge in [-0.2, -0.15) is 0 Å². The number of aromatic nitrogens is 7. The first-order chi connectivity index (χ1) is 29.4. The van der Waals surface area contributed by atoms with Gasteiger partial charge < -0.3 is 43.3 Å². The Morgan fingerprint density at radius 1 is 0.921 bits per heavy atom. The van der Waals surface area contributed by atoms with Crippen LogP contribution in [-0.4, -0.2) is 118 Å². The van der Waals surface area contributed by atoms with Crippen LogP contribution in [0.5, 0.6) is 5.88 Å². The van der Waals surface area contributed by atoms with Gasteiger partial charge in [0.15, 0.2) is 32.2 Å². The zero-order valence-corrected chi connectivity index (χ0v) is 43.1. The Labute approximate surface area is 381 Å². The fraction of sp³-hybridized carbons (Fsp3) is 0.711. The summed E-state index contributed by atoms with van der Waals surface area (Å²) in [6.45, 7) is 16.8. The second-order valence-electron chi connectivity index (χ2n) is 19.6. The van der Waals surface area contributed by atoms with Gasteiger partial charge in [0, 0.05) is 12.4 Å². The van der Waals surface area contributed by atoms with Gasteiger partial charge in [0.1, 0.15) is 60.4 Å². The van der Waals surface area contributed by atoms with E-state index in [2.05, 4.69) is 117 Å². The average molecular weight is 989 g/mol. The molecule has 2 saturated heterocycles. The van der Waals surface area contributed by atoms with Crippen molar-refractivity contribution in [2.45, 2.75) is 146 Å². The van der Waals surface area contributed by atoms with E-state index in [0.717, 1.165) is 30.2 Å². The molecule has 4 aromatic rings. The molecule has 3 aliphatic heterocycles. The van der Waals surface area contributed by atoms with E-state index in [4.69, 9.17) is 42.7 Å². The number of hydrogen-bond donors (Lipinski definition) is 4. The minimum Gasteiger partial charge on any atom is -0.477 e. The molecule has 0 aromatic carbocycles. The number of fused-ring (bicyclic) bond motifs is 1. The van der Waals surface area contributed by atoms with Gasteiger partial charge >= 0.3 is 6.80 Å². The molecule has 0 bridgehead atoms. The van der Waals surface area contributed by atoms with Crippen LogP contribution in [0, 0.1) is 0 Å². The second-order valence-corrected chi connectivity index (χ2v) is 34.6. The van der Waals surface area contributed by atoms with Crippen LogP contribution in [0.2, 0.25) is 36.3 Å². The van der Waals surface area contributed by atoms with Crippen LogP contribution in [0.1, 0.15) is 72.4 Å². The lowest BCUT2D eigenvalue weighted by Gasteiger charge is -2.40. The van der Waals surface area contributed by atoms with E-state index in [1.807, 2.05) is 10.8 Å². The summed E-state index contributed by atoms with van der Waals surface area (Å²) < 4.78 is 82.4. The van der Waals surface area contributed by atoms with Crippen molar-refractivity contribution in [3.63, 3.8) is 0 Å². The molecule has 63 heavy (non-hydrogen) atoms. The van der Waals surface area contributed by atoms with E-state index in [0.29, 0.717) is 35.5 Å². The lowest BCUT2D eigenvalue weighted by molar-refractivity contribution is -0.0561. The summed E-state index contributed by atoms with van der Waals surface area (Å²) in [5.41, 5.74) is 8.37. The number of aliphatic hydroxyl groups is 1. The molecule has 4 aromatic heterocycles. The Kier molecular flexibility index (Phi) is 14.5. The molecule has 3 aliphatic rings. The Hall–Kier alpha value is -1.96. The van der Waals surface area contributed by atoms with Crippen LogP contribution in [0.3, 0.4) is 0 Å². The van der Waals surface area contributed by atoms with E-state index in [9.17, 15) is 14.2 Å². The molecule has 0 spiro atoms. The highest BCUT2D eigenvalue weighted by molar-refractivity contribution is 8.44. The fourth-order valence-corrected chi connectivity index (χ4v) is 12.2. The highest BCUT2D eigenvalue weighted by atomic mass is 32.7. The molecule has 0 amide bonds. The summed E-state index contributed by atoms with van der Waals surface area (Å²) in [4.78, 5) is 21.9. The number of rotatable bonds is 15. The third-order valence-electron chi connectivity index (χ3n) is 13.2. The molecule has 10 atom stereocenters. The van der Waals surface area contributed by atoms with Gasteiger partial charge in [-0.1, -0.05) is 79.1 Å². The molecule has 2 unspecified atom stereocenters. The third-order valence-corrected chi connectivity index (χ3v) is 25.0. The number of nitrogen functional groups attached to an aromatic ring is 1. The SMILES string of the molecule is CC(C)(C)[Si](C)(C)CO[C@H]1[C@@H](O[PH](=O)S)[C@H](n2cnc3c(N)ncnc32)O[C@@H]1COP(=O)(S)O[C@H]1[C@@H](O[Si](C)(C)C(C)(C)C)[C@H](n2cc3c4c(ncnc42)OCCCC3)O[C@@H]1CO. The predicted octanol–water partition coefficient (Wildman–Crippen LogP) is 7.32. The number of hydrogen-bond acceptors (Lipinski definition) is 17. The average Bonchev–Trinajstić information content (AvgIpc) is 3.94. The third kappa shape index (κ3) is 10.2. The van der Waals surface area contributed by atoms with Gasteiger partial charge in [0.25, 0.3) is 0 Å². The van der Waals surface area contributed by atoms with Gasteiger partial charge in [0.2, 0.25) is 13.1 Å². The first kappa shape index (κ1) is 49.0. The molecule has 2 fully saturated rings. The van der Waals surface area contributed by atoms with Crippen LogP contribution in [0.25, 0.3) is 22.2 Å². The second kappa shape index (κ2) is 18.6. The first-order valence-electron chi connectivity index (χ1n) is 21.1. The van der Waals surface area contributed by atoms with Crippen molar-refractivity contribution in [2.75, 3.05) is 31.8 Å². The molecule has 350 valence electrons. The summed E-state index contributed by atoms with van der Waals surface area (Å²) in [5.74, 6) is 0.650. The topological polar surface area (TPSA) is 229 Å². The zero-order chi connectivity index (χ0) is 45.9. The van der Waals surface area contributed by atoms with Crippen LogP contribution >= 0.6 is 38.5 Å². The van der Waals surface area contributed by atoms with Crippen LogP contribution < -0.4 is 10.5 Å². The molecule has 0 aliphatic carbocycles. The first-order valence-corrected chi connectivity index (χ1v) is 32.5. The Bertz CT molecular complexity index is 2350. The van der Waals surface area contributed by atoms with Crippen molar-refractivity contribution < 1.29 is 51.2 Å². The number of nitrogens with zero attached hydrogens (tertiary/aromatic N) is 7. The molecular weight excluding hydrogens is 927 g/mol. The molecule has 0 radical (unpaired) electrons. The highest BCUT2D eigenvalue weighted by Crippen LogP contribution is 2.58. The Morgan fingerprint density at radius 3 is 2.29 bits per heavy atom. The number of thiol groups is 2. The van der Waals surface area contributed by atoms with E-state index in [-0.39, 0.29) is 22.5 Å². The minimum atomic E-state index is -4.35. The van der Waals surface area contributed by atoms with Gasteiger partial charge in [-0.25, -0.2) is 29.5 Å². The highest BCUT2D eigenvalue weighted by Gasteiger charge is 2.55. The van der Waals surface area contributed by atoms with Crippen molar-refractivity contribution in [1.29, 1.82) is 0 Å². The molecular formula is C38H62N8O11P2S2Si2. The number of nitrogens with two attached hydrogens (primary N) is 1. The molecule has 3 N–H and O–H groups in total. The maximum atomic E-state index is 14.6. The predicted molar refractivity (Wildman–Crippen MR) is 250 cm³/mol. The van der Waals surface area contributed by atoms with Crippen molar-refractivity contribution in [3.05, 3.63) is 30.7 Å². The van der Waals surface area contributed by atoms with E-state index >= 15 is 0 Å². The number of aliphatic hydroxyl groups excluding tert-OH is 1. The number of aryl methyl sites for hydroxylation is 1. The summed E-state index contributed by atoms with van der Waals surface area (Å²) in [5, 5.41) is 11.3. The van der Waals surface area contributed by atoms with E-state index < -0.39 is 86.1 Å². The molecule has 7 rings (SSSR count). The monoisotopic (exact) mass is 988 g/mol. The summed E-state index contributed by atoms with van der Waals surface area (Å²) in [6, 6.07) is 0. The molecule has 25 heteroatoms.